The van der Waals surface area contributed by atoms with E-state index in [1.54, 1.807) is 6.07 Å². The molecule has 3 N–H and O–H groups in total. The largest absolute Gasteiger partial charge is 0.480 e. The Bertz CT molecular complexity index is 519. The van der Waals surface area contributed by atoms with Crippen molar-refractivity contribution in [2.45, 2.75) is 39.2 Å². The third kappa shape index (κ3) is 4.23. The van der Waals surface area contributed by atoms with E-state index < -0.39 is 17.5 Å². The maximum Gasteiger partial charge on any atom is 0.329 e. The molecule has 2 amide bonds. The van der Waals surface area contributed by atoms with Crippen molar-refractivity contribution in [3.05, 3.63) is 28.2 Å². The van der Waals surface area contributed by atoms with E-state index >= 15 is 0 Å². The van der Waals surface area contributed by atoms with E-state index in [0.717, 1.165) is 10.0 Å². The summed E-state index contributed by atoms with van der Waals surface area (Å²) in [5.41, 5.74) is 0.274. The number of carboxylic acid groups (broad SMARTS) is 1. The minimum absolute atomic E-state index is 0.368. The SMILES string of the molecule is CCCC(C)(NC(=O)Nc1cc(Br)ccc1C)C(=O)O. The Balaban J connectivity index is 2.81. The normalized spacial score (nSPS) is 13.4. The zero-order valence-corrected chi connectivity index (χ0v) is 13.4. The second kappa shape index (κ2) is 6.74. The van der Waals surface area contributed by atoms with Gasteiger partial charge in [0.1, 0.15) is 5.54 Å². The van der Waals surface area contributed by atoms with Crippen LogP contribution < -0.4 is 10.6 Å². The Hall–Kier alpha value is -1.56. The number of rotatable bonds is 5. The second-order valence-electron chi connectivity index (χ2n) is 4.93. The van der Waals surface area contributed by atoms with Crippen LogP contribution in [0.3, 0.4) is 0 Å². The van der Waals surface area contributed by atoms with Crippen LogP contribution in [0.25, 0.3) is 0 Å². The molecule has 0 saturated heterocycles. The van der Waals surface area contributed by atoms with Crippen molar-refractivity contribution >= 4 is 33.6 Å². The zero-order valence-electron chi connectivity index (χ0n) is 11.8. The number of urea groups is 1. The maximum atomic E-state index is 12.0. The summed E-state index contributed by atoms with van der Waals surface area (Å²) in [4.78, 5) is 23.2. The molecule has 0 bridgehead atoms. The van der Waals surface area contributed by atoms with E-state index in [4.69, 9.17) is 0 Å². The number of hydrogen-bond donors (Lipinski definition) is 3. The lowest BCUT2D eigenvalue weighted by Gasteiger charge is -2.26. The van der Waals surface area contributed by atoms with E-state index in [2.05, 4.69) is 26.6 Å². The average molecular weight is 343 g/mol. The van der Waals surface area contributed by atoms with Gasteiger partial charge < -0.3 is 15.7 Å². The zero-order chi connectivity index (χ0) is 15.3. The summed E-state index contributed by atoms with van der Waals surface area (Å²) in [7, 11) is 0. The number of carbonyl (C=O) groups is 2. The van der Waals surface area contributed by atoms with E-state index in [1.807, 2.05) is 26.0 Å². The Labute approximate surface area is 126 Å². The molecule has 6 heteroatoms. The molecule has 110 valence electrons. The van der Waals surface area contributed by atoms with Crippen LogP contribution in [0.2, 0.25) is 0 Å². The highest BCUT2D eigenvalue weighted by Crippen LogP contribution is 2.21. The van der Waals surface area contributed by atoms with Gasteiger partial charge >= 0.3 is 12.0 Å². The number of benzene rings is 1. The predicted octanol–water partition coefficient (Wildman–Crippen LogP) is 3.52. The topological polar surface area (TPSA) is 78.4 Å². The number of carboxylic acids is 1. The summed E-state index contributed by atoms with van der Waals surface area (Å²) in [6.45, 7) is 5.25. The highest BCUT2D eigenvalue weighted by atomic mass is 79.9. The third-order valence-corrected chi connectivity index (χ3v) is 3.55. The molecule has 0 aliphatic heterocycles. The molecule has 1 aromatic rings. The van der Waals surface area contributed by atoms with E-state index in [9.17, 15) is 14.7 Å². The first-order valence-electron chi connectivity index (χ1n) is 6.37. The van der Waals surface area contributed by atoms with Crippen molar-refractivity contribution in [1.29, 1.82) is 0 Å². The van der Waals surface area contributed by atoms with Crippen molar-refractivity contribution in [1.82, 2.24) is 5.32 Å². The molecular weight excluding hydrogens is 324 g/mol. The lowest BCUT2D eigenvalue weighted by atomic mass is 9.97. The number of aryl methyl sites for hydroxylation is 1. The van der Waals surface area contributed by atoms with Gasteiger partial charge in [-0.1, -0.05) is 35.3 Å². The first-order valence-corrected chi connectivity index (χ1v) is 7.16. The molecule has 5 nitrogen and oxygen atoms in total. The molecule has 0 aromatic heterocycles. The monoisotopic (exact) mass is 342 g/mol. The minimum atomic E-state index is -1.27. The number of halogens is 1. The van der Waals surface area contributed by atoms with Gasteiger partial charge in [0.05, 0.1) is 0 Å². The van der Waals surface area contributed by atoms with Crippen LogP contribution in [0.1, 0.15) is 32.3 Å². The fourth-order valence-electron chi connectivity index (χ4n) is 1.86. The average Bonchev–Trinajstić information content (AvgIpc) is 2.33. The van der Waals surface area contributed by atoms with Gasteiger partial charge in [-0.15, -0.1) is 0 Å². The first kappa shape index (κ1) is 16.5. The van der Waals surface area contributed by atoms with Crippen molar-refractivity contribution < 1.29 is 14.7 Å². The fraction of sp³-hybridized carbons (Fsp3) is 0.429. The highest BCUT2D eigenvalue weighted by Gasteiger charge is 2.33. The van der Waals surface area contributed by atoms with Crippen LogP contribution in [0.4, 0.5) is 10.5 Å². The summed E-state index contributed by atoms with van der Waals surface area (Å²) in [5, 5.41) is 14.4. The highest BCUT2D eigenvalue weighted by molar-refractivity contribution is 9.10. The van der Waals surface area contributed by atoms with E-state index in [0.29, 0.717) is 18.5 Å². The standard InChI is InChI=1S/C14H19BrN2O3/c1-4-7-14(3,12(18)19)17-13(20)16-11-8-10(15)6-5-9(11)2/h5-6,8H,4,7H2,1-3H3,(H,18,19)(H2,16,17,20). The maximum absolute atomic E-state index is 12.0. The van der Waals surface area contributed by atoms with Gasteiger partial charge in [0.15, 0.2) is 0 Å². The predicted molar refractivity (Wildman–Crippen MR) is 82.0 cm³/mol. The van der Waals surface area contributed by atoms with Crippen molar-refractivity contribution in [3.8, 4) is 0 Å². The first-order chi connectivity index (χ1) is 9.28. The van der Waals surface area contributed by atoms with Gasteiger partial charge in [-0.05, 0) is 38.0 Å². The molecule has 0 radical (unpaired) electrons. The smallest absolute Gasteiger partial charge is 0.329 e. The Kier molecular flexibility index (Phi) is 5.56. The van der Waals surface area contributed by atoms with Gasteiger partial charge in [-0.2, -0.15) is 0 Å². The second-order valence-corrected chi connectivity index (χ2v) is 5.84. The lowest BCUT2D eigenvalue weighted by Crippen LogP contribution is -2.53. The molecule has 0 saturated carbocycles. The number of amides is 2. The van der Waals surface area contributed by atoms with Gasteiger partial charge in [-0.3, -0.25) is 0 Å². The minimum Gasteiger partial charge on any atom is -0.480 e. The number of aliphatic carboxylic acids is 1. The fourth-order valence-corrected chi connectivity index (χ4v) is 2.22. The van der Waals surface area contributed by atoms with Gasteiger partial charge in [0, 0.05) is 10.2 Å². The van der Waals surface area contributed by atoms with Crippen molar-refractivity contribution in [2.24, 2.45) is 0 Å². The quantitative estimate of drug-likeness (QED) is 0.765. The molecule has 0 aliphatic rings. The van der Waals surface area contributed by atoms with Crippen molar-refractivity contribution in [2.75, 3.05) is 5.32 Å². The molecule has 1 rings (SSSR count). The molecule has 1 unspecified atom stereocenters. The molecular formula is C14H19BrN2O3. The Morgan fingerprint density at radius 2 is 2.05 bits per heavy atom. The molecule has 1 atom stereocenters. The number of hydrogen-bond acceptors (Lipinski definition) is 2. The molecule has 20 heavy (non-hydrogen) atoms. The molecule has 1 aromatic carbocycles. The molecule has 0 fully saturated rings. The summed E-state index contributed by atoms with van der Waals surface area (Å²) in [6.07, 6.45) is 1.03. The van der Waals surface area contributed by atoms with Crippen LogP contribution in [-0.2, 0) is 4.79 Å². The van der Waals surface area contributed by atoms with Crippen molar-refractivity contribution in [3.63, 3.8) is 0 Å². The number of nitrogens with one attached hydrogen (secondary N) is 2. The van der Waals surface area contributed by atoms with Gasteiger partial charge in [0.25, 0.3) is 0 Å². The third-order valence-electron chi connectivity index (χ3n) is 3.06. The van der Waals surface area contributed by atoms with Crippen LogP contribution >= 0.6 is 15.9 Å². The summed E-state index contributed by atoms with van der Waals surface area (Å²) < 4.78 is 0.841. The van der Waals surface area contributed by atoms with Crippen LogP contribution in [-0.4, -0.2) is 22.6 Å². The molecule has 0 heterocycles. The number of anilines is 1. The lowest BCUT2D eigenvalue weighted by molar-refractivity contribution is -0.143. The molecule has 0 aliphatic carbocycles. The summed E-state index contributed by atoms with van der Waals surface area (Å²) >= 11 is 3.33. The Morgan fingerprint density at radius 3 is 2.60 bits per heavy atom. The Morgan fingerprint density at radius 1 is 1.40 bits per heavy atom. The van der Waals surface area contributed by atoms with Crippen LogP contribution in [0.5, 0.6) is 0 Å². The van der Waals surface area contributed by atoms with Gasteiger partial charge in [0.2, 0.25) is 0 Å². The molecule has 0 spiro atoms. The van der Waals surface area contributed by atoms with Crippen LogP contribution in [0.15, 0.2) is 22.7 Å². The van der Waals surface area contributed by atoms with Gasteiger partial charge in [-0.25, -0.2) is 9.59 Å². The summed E-state index contributed by atoms with van der Waals surface area (Å²) in [5.74, 6) is -1.04. The van der Waals surface area contributed by atoms with Crippen LogP contribution in [0, 0.1) is 6.92 Å². The summed E-state index contributed by atoms with van der Waals surface area (Å²) in [6, 6.07) is 4.98. The van der Waals surface area contributed by atoms with E-state index in [-0.39, 0.29) is 0 Å². The van der Waals surface area contributed by atoms with E-state index in [1.165, 1.54) is 6.92 Å². The number of carbonyl (C=O) groups excluding carboxylic acids is 1.